The molecule has 0 aliphatic heterocycles. The summed E-state index contributed by atoms with van der Waals surface area (Å²) in [5, 5.41) is 13.2. The van der Waals surface area contributed by atoms with Crippen LogP contribution in [0, 0.1) is 5.92 Å². The van der Waals surface area contributed by atoms with Crippen molar-refractivity contribution < 1.29 is 9.59 Å². The molecule has 2 aromatic heterocycles. The average Bonchev–Trinajstić information content (AvgIpc) is 2.98. The quantitative estimate of drug-likeness (QED) is 0.665. The first-order valence-corrected chi connectivity index (χ1v) is 8.02. The van der Waals surface area contributed by atoms with Crippen LogP contribution in [0.3, 0.4) is 0 Å². The SMILES string of the molecule is CC(C)CC(=O)Nc1ccc2[nH]nc(C(=O)Nc3ccncc3)c2c1. The molecule has 3 N–H and O–H groups in total. The zero-order chi connectivity index (χ0) is 17.8. The highest BCUT2D eigenvalue weighted by Gasteiger charge is 2.15. The third-order valence-corrected chi connectivity index (χ3v) is 3.59. The summed E-state index contributed by atoms with van der Waals surface area (Å²) in [7, 11) is 0. The van der Waals surface area contributed by atoms with Gasteiger partial charge in [0.15, 0.2) is 5.69 Å². The number of pyridine rings is 1. The van der Waals surface area contributed by atoms with Crippen LogP contribution in [0.4, 0.5) is 11.4 Å². The maximum atomic E-state index is 12.5. The molecule has 0 spiro atoms. The number of aromatic nitrogens is 3. The zero-order valence-electron chi connectivity index (χ0n) is 14.0. The van der Waals surface area contributed by atoms with Gasteiger partial charge in [-0.05, 0) is 36.2 Å². The van der Waals surface area contributed by atoms with Crippen LogP contribution in [-0.4, -0.2) is 27.0 Å². The molecule has 0 aliphatic rings. The Hall–Kier alpha value is -3.22. The first-order valence-electron chi connectivity index (χ1n) is 8.02. The Kier molecular flexibility index (Phi) is 4.74. The molecule has 0 radical (unpaired) electrons. The topological polar surface area (TPSA) is 99.8 Å². The van der Waals surface area contributed by atoms with Crippen LogP contribution in [0.2, 0.25) is 0 Å². The van der Waals surface area contributed by atoms with Crippen molar-refractivity contribution in [2.75, 3.05) is 10.6 Å². The van der Waals surface area contributed by atoms with Crippen LogP contribution in [0.25, 0.3) is 10.9 Å². The van der Waals surface area contributed by atoms with Crippen molar-refractivity contribution in [3.8, 4) is 0 Å². The Morgan fingerprint density at radius 1 is 1.08 bits per heavy atom. The van der Waals surface area contributed by atoms with Crippen molar-refractivity contribution in [2.45, 2.75) is 20.3 Å². The number of hydrogen-bond donors (Lipinski definition) is 3. The van der Waals surface area contributed by atoms with Crippen molar-refractivity contribution in [1.82, 2.24) is 15.2 Å². The van der Waals surface area contributed by atoms with Crippen LogP contribution in [0.15, 0.2) is 42.7 Å². The molecule has 0 fully saturated rings. The smallest absolute Gasteiger partial charge is 0.276 e. The highest BCUT2D eigenvalue weighted by Crippen LogP contribution is 2.22. The van der Waals surface area contributed by atoms with Crippen LogP contribution < -0.4 is 10.6 Å². The fourth-order valence-corrected chi connectivity index (χ4v) is 2.47. The number of rotatable bonds is 5. The monoisotopic (exact) mass is 337 g/mol. The van der Waals surface area contributed by atoms with Crippen LogP contribution in [0.1, 0.15) is 30.8 Å². The molecule has 2 amide bonds. The number of hydrogen-bond acceptors (Lipinski definition) is 4. The standard InChI is InChI=1S/C18H19N5O2/c1-11(2)9-16(24)20-13-3-4-15-14(10-13)17(23-22-15)18(25)21-12-5-7-19-8-6-12/h3-8,10-11H,9H2,1-2H3,(H,20,24)(H,22,23)(H,19,21,25). The van der Waals surface area contributed by atoms with E-state index in [4.69, 9.17) is 0 Å². The summed E-state index contributed by atoms with van der Waals surface area (Å²) < 4.78 is 0. The average molecular weight is 337 g/mol. The number of amides is 2. The summed E-state index contributed by atoms with van der Waals surface area (Å²) in [5.41, 5.74) is 2.27. The zero-order valence-corrected chi connectivity index (χ0v) is 14.0. The summed E-state index contributed by atoms with van der Waals surface area (Å²) in [6.07, 6.45) is 3.64. The molecule has 7 heteroatoms. The summed E-state index contributed by atoms with van der Waals surface area (Å²) in [6, 6.07) is 8.72. The molecule has 7 nitrogen and oxygen atoms in total. The first-order chi connectivity index (χ1) is 12.0. The molecule has 128 valence electrons. The molecule has 0 atom stereocenters. The highest BCUT2D eigenvalue weighted by molar-refractivity contribution is 6.11. The molecule has 0 bridgehead atoms. The van der Waals surface area contributed by atoms with E-state index in [0.717, 1.165) is 5.52 Å². The van der Waals surface area contributed by atoms with E-state index in [9.17, 15) is 9.59 Å². The van der Waals surface area contributed by atoms with E-state index in [-0.39, 0.29) is 23.4 Å². The minimum absolute atomic E-state index is 0.0550. The van der Waals surface area contributed by atoms with E-state index in [1.807, 2.05) is 13.8 Å². The van der Waals surface area contributed by atoms with Gasteiger partial charge in [-0.3, -0.25) is 19.7 Å². The fraction of sp³-hybridized carbons (Fsp3) is 0.222. The van der Waals surface area contributed by atoms with Gasteiger partial charge in [0, 0.05) is 35.6 Å². The Bertz CT molecular complexity index is 902. The second-order valence-electron chi connectivity index (χ2n) is 6.17. The summed E-state index contributed by atoms with van der Waals surface area (Å²) in [5.74, 6) is -0.108. The van der Waals surface area contributed by atoms with Gasteiger partial charge in [0.05, 0.1) is 5.52 Å². The number of carbonyl (C=O) groups is 2. The van der Waals surface area contributed by atoms with Crippen molar-refractivity contribution >= 4 is 34.1 Å². The van der Waals surface area contributed by atoms with Crippen LogP contribution >= 0.6 is 0 Å². The molecule has 3 rings (SSSR count). The minimum Gasteiger partial charge on any atom is -0.326 e. The van der Waals surface area contributed by atoms with Crippen LogP contribution in [0.5, 0.6) is 0 Å². The van der Waals surface area contributed by atoms with Gasteiger partial charge in [0.2, 0.25) is 5.91 Å². The highest BCUT2D eigenvalue weighted by atomic mass is 16.2. The minimum atomic E-state index is -0.330. The Labute approximate surface area is 144 Å². The molecule has 2 heterocycles. The number of H-pyrrole nitrogens is 1. The molecule has 1 aromatic carbocycles. The first kappa shape index (κ1) is 16.6. The maximum absolute atomic E-state index is 12.5. The lowest BCUT2D eigenvalue weighted by molar-refractivity contribution is -0.116. The predicted molar refractivity (Wildman–Crippen MR) is 96.4 cm³/mol. The van der Waals surface area contributed by atoms with Crippen molar-refractivity contribution in [3.05, 3.63) is 48.4 Å². The number of anilines is 2. The third kappa shape index (κ3) is 4.00. The van der Waals surface area contributed by atoms with E-state index in [2.05, 4.69) is 25.8 Å². The van der Waals surface area contributed by atoms with E-state index in [1.165, 1.54) is 0 Å². The van der Waals surface area contributed by atoms with Crippen molar-refractivity contribution in [1.29, 1.82) is 0 Å². The number of carbonyl (C=O) groups excluding carboxylic acids is 2. The molecule has 0 unspecified atom stereocenters. The number of nitrogens with one attached hydrogen (secondary N) is 3. The second kappa shape index (κ2) is 7.12. The largest absolute Gasteiger partial charge is 0.326 e. The fourth-order valence-electron chi connectivity index (χ4n) is 2.47. The lowest BCUT2D eigenvalue weighted by atomic mass is 10.1. The predicted octanol–water partition coefficient (Wildman–Crippen LogP) is 3.19. The Morgan fingerprint density at radius 3 is 2.56 bits per heavy atom. The number of fused-ring (bicyclic) bond motifs is 1. The molecule has 0 saturated heterocycles. The lowest BCUT2D eigenvalue weighted by Crippen LogP contribution is -2.14. The van der Waals surface area contributed by atoms with Crippen molar-refractivity contribution in [3.63, 3.8) is 0 Å². The van der Waals surface area contributed by atoms with Gasteiger partial charge in [-0.15, -0.1) is 0 Å². The number of benzene rings is 1. The number of nitrogens with zero attached hydrogens (tertiary/aromatic N) is 2. The molecular weight excluding hydrogens is 318 g/mol. The van der Waals surface area contributed by atoms with Gasteiger partial charge in [0.1, 0.15) is 0 Å². The van der Waals surface area contributed by atoms with E-state index in [1.54, 1.807) is 42.7 Å². The van der Waals surface area contributed by atoms with Gasteiger partial charge in [-0.2, -0.15) is 5.10 Å². The summed E-state index contributed by atoms with van der Waals surface area (Å²) >= 11 is 0. The molecule has 3 aromatic rings. The summed E-state index contributed by atoms with van der Waals surface area (Å²) in [6.45, 7) is 3.97. The molecule has 25 heavy (non-hydrogen) atoms. The second-order valence-corrected chi connectivity index (χ2v) is 6.17. The lowest BCUT2D eigenvalue weighted by Gasteiger charge is -2.07. The van der Waals surface area contributed by atoms with E-state index >= 15 is 0 Å². The van der Waals surface area contributed by atoms with Gasteiger partial charge < -0.3 is 10.6 Å². The summed E-state index contributed by atoms with van der Waals surface area (Å²) in [4.78, 5) is 28.3. The van der Waals surface area contributed by atoms with Gasteiger partial charge in [-0.25, -0.2) is 0 Å². The Morgan fingerprint density at radius 2 is 1.84 bits per heavy atom. The Balaban J connectivity index is 1.83. The maximum Gasteiger partial charge on any atom is 0.276 e. The molecule has 0 saturated carbocycles. The molecule has 0 aliphatic carbocycles. The van der Waals surface area contributed by atoms with Gasteiger partial charge in [-0.1, -0.05) is 13.8 Å². The molecular formula is C18H19N5O2. The van der Waals surface area contributed by atoms with E-state index < -0.39 is 0 Å². The normalized spacial score (nSPS) is 10.8. The van der Waals surface area contributed by atoms with Crippen LogP contribution in [-0.2, 0) is 4.79 Å². The third-order valence-electron chi connectivity index (χ3n) is 3.59. The van der Waals surface area contributed by atoms with Gasteiger partial charge >= 0.3 is 0 Å². The van der Waals surface area contributed by atoms with Crippen molar-refractivity contribution in [2.24, 2.45) is 5.92 Å². The van der Waals surface area contributed by atoms with Gasteiger partial charge in [0.25, 0.3) is 5.91 Å². The van der Waals surface area contributed by atoms with E-state index in [0.29, 0.717) is 23.2 Å². The number of aromatic amines is 1.